The van der Waals surface area contributed by atoms with E-state index in [1.54, 1.807) is 4.90 Å². The summed E-state index contributed by atoms with van der Waals surface area (Å²) in [5, 5.41) is 12.8. The average molecular weight is 252 g/mol. The van der Waals surface area contributed by atoms with Gasteiger partial charge in [-0.3, -0.25) is 0 Å². The van der Waals surface area contributed by atoms with Crippen LogP contribution >= 0.6 is 0 Å². The minimum atomic E-state index is -0.224. The van der Waals surface area contributed by atoms with Gasteiger partial charge in [-0.2, -0.15) is 0 Å². The number of nitrogens with zero attached hydrogens (tertiary/aromatic N) is 1. The molecule has 1 fully saturated rings. The van der Waals surface area contributed by atoms with Crippen molar-refractivity contribution in [2.45, 2.75) is 50.7 Å². The number of aliphatic hydroxyl groups is 1. The Morgan fingerprint density at radius 3 is 2.83 bits per heavy atom. The molecule has 1 saturated carbocycles. The van der Waals surface area contributed by atoms with Gasteiger partial charge in [0, 0.05) is 25.6 Å². The number of urea groups is 1. The minimum Gasteiger partial charge on any atom is -0.393 e. The highest BCUT2D eigenvalue weighted by molar-refractivity contribution is 5.74. The average Bonchev–Trinajstić information content (AvgIpc) is 2.76. The lowest BCUT2D eigenvalue weighted by atomic mass is 10.0. The van der Waals surface area contributed by atoms with E-state index in [2.05, 4.69) is 17.5 Å². The zero-order chi connectivity index (χ0) is 13.0. The minimum absolute atomic E-state index is 0.00519. The molecular weight excluding hydrogens is 228 g/mol. The number of hydrogen-bond acceptors (Lipinski definition) is 2. The van der Waals surface area contributed by atoms with Crippen LogP contribution in [0, 0.1) is 5.92 Å². The van der Waals surface area contributed by atoms with Gasteiger partial charge in [0.1, 0.15) is 0 Å². The van der Waals surface area contributed by atoms with E-state index in [4.69, 9.17) is 0 Å². The maximum atomic E-state index is 12.0. The summed E-state index contributed by atoms with van der Waals surface area (Å²) < 4.78 is 0. The molecule has 2 aliphatic carbocycles. The number of carbonyl (C=O) groups excluding carboxylic acids is 1. The highest BCUT2D eigenvalue weighted by Crippen LogP contribution is 2.26. The fraction of sp³-hybridized carbons (Fsp3) is 0.786. The van der Waals surface area contributed by atoms with E-state index >= 15 is 0 Å². The molecule has 0 radical (unpaired) electrons. The molecule has 2 amide bonds. The van der Waals surface area contributed by atoms with Crippen LogP contribution in [0.2, 0.25) is 0 Å². The molecule has 4 nitrogen and oxygen atoms in total. The van der Waals surface area contributed by atoms with E-state index < -0.39 is 0 Å². The predicted octanol–water partition coefficient (Wildman–Crippen LogP) is 1.90. The van der Waals surface area contributed by atoms with Gasteiger partial charge in [-0.1, -0.05) is 18.6 Å². The second kappa shape index (κ2) is 6.23. The molecule has 102 valence electrons. The number of nitrogens with one attached hydrogen (secondary N) is 1. The summed E-state index contributed by atoms with van der Waals surface area (Å²) in [5.74, 6) is 0.256. The zero-order valence-electron chi connectivity index (χ0n) is 11.1. The largest absolute Gasteiger partial charge is 0.393 e. The van der Waals surface area contributed by atoms with E-state index in [1.165, 1.54) is 0 Å². The van der Waals surface area contributed by atoms with Crippen LogP contribution in [-0.4, -0.2) is 41.8 Å². The van der Waals surface area contributed by atoms with E-state index in [0.717, 1.165) is 38.5 Å². The molecule has 3 atom stereocenters. The first-order valence-electron chi connectivity index (χ1n) is 7.01. The van der Waals surface area contributed by atoms with Crippen molar-refractivity contribution in [2.24, 2.45) is 5.92 Å². The summed E-state index contributed by atoms with van der Waals surface area (Å²) in [6.45, 7) is 0.662. The van der Waals surface area contributed by atoms with Crippen molar-refractivity contribution in [3.63, 3.8) is 0 Å². The summed E-state index contributed by atoms with van der Waals surface area (Å²) >= 11 is 0. The standard InChI is InChI=1S/C14H24N2O2/c1-16(10-11-6-5-9-13(11)17)14(18)15-12-7-3-2-4-8-12/h2-3,11-13,17H,4-10H2,1H3,(H,15,18). The number of hydrogen-bond donors (Lipinski definition) is 2. The van der Waals surface area contributed by atoms with Crippen LogP contribution in [0.15, 0.2) is 12.2 Å². The van der Waals surface area contributed by atoms with Gasteiger partial charge in [0.2, 0.25) is 0 Å². The predicted molar refractivity (Wildman–Crippen MR) is 71.3 cm³/mol. The topological polar surface area (TPSA) is 52.6 Å². The Labute approximate surface area is 109 Å². The zero-order valence-corrected chi connectivity index (χ0v) is 11.1. The first kappa shape index (κ1) is 13.4. The van der Waals surface area contributed by atoms with Gasteiger partial charge in [0.15, 0.2) is 0 Å². The van der Waals surface area contributed by atoms with Crippen molar-refractivity contribution >= 4 is 6.03 Å². The number of carbonyl (C=O) groups is 1. The molecule has 0 spiro atoms. The summed E-state index contributed by atoms with van der Waals surface area (Å²) in [6, 6.07) is 0.271. The van der Waals surface area contributed by atoms with E-state index in [-0.39, 0.29) is 24.1 Å². The maximum Gasteiger partial charge on any atom is 0.317 e. The van der Waals surface area contributed by atoms with E-state index in [9.17, 15) is 9.90 Å². The van der Waals surface area contributed by atoms with Crippen molar-refractivity contribution in [3.8, 4) is 0 Å². The van der Waals surface area contributed by atoms with Crippen molar-refractivity contribution in [3.05, 3.63) is 12.2 Å². The summed E-state index contributed by atoms with van der Waals surface area (Å²) in [6.07, 6.45) is 10.1. The van der Waals surface area contributed by atoms with Crippen LogP contribution in [-0.2, 0) is 0 Å². The maximum absolute atomic E-state index is 12.0. The molecule has 0 aromatic heterocycles. The molecule has 0 heterocycles. The van der Waals surface area contributed by atoms with Crippen molar-refractivity contribution < 1.29 is 9.90 Å². The Balaban J connectivity index is 1.75. The lowest BCUT2D eigenvalue weighted by molar-refractivity contribution is 0.113. The van der Waals surface area contributed by atoms with Gasteiger partial charge >= 0.3 is 6.03 Å². The Morgan fingerprint density at radius 1 is 1.39 bits per heavy atom. The highest BCUT2D eigenvalue weighted by Gasteiger charge is 2.27. The van der Waals surface area contributed by atoms with Crippen LogP contribution in [0.3, 0.4) is 0 Å². The van der Waals surface area contributed by atoms with Crippen LogP contribution in [0.25, 0.3) is 0 Å². The van der Waals surface area contributed by atoms with E-state index in [0.29, 0.717) is 6.54 Å². The molecule has 2 aliphatic rings. The van der Waals surface area contributed by atoms with Crippen LogP contribution in [0.4, 0.5) is 4.79 Å². The second-order valence-corrected chi connectivity index (χ2v) is 5.57. The third kappa shape index (κ3) is 3.48. The highest BCUT2D eigenvalue weighted by atomic mass is 16.3. The molecule has 0 aromatic carbocycles. The Hall–Kier alpha value is -1.03. The lowest BCUT2D eigenvalue weighted by Gasteiger charge is -2.27. The fourth-order valence-corrected chi connectivity index (χ4v) is 2.87. The fourth-order valence-electron chi connectivity index (χ4n) is 2.87. The van der Waals surface area contributed by atoms with Crippen LogP contribution in [0.1, 0.15) is 38.5 Å². The molecule has 4 heteroatoms. The van der Waals surface area contributed by atoms with Gasteiger partial charge in [-0.05, 0) is 32.1 Å². The number of rotatable bonds is 3. The Morgan fingerprint density at radius 2 is 2.22 bits per heavy atom. The monoisotopic (exact) mass is 252 g/mol. The molecule has 0 saturated heterocycles. The summed E-state index contributed by atoms with van der Waals surface area (Å²) in [7, 11) is 1.82. The molecule has 2 N–H and O–H groups in total. The van der Waals surface area contributed by atoms with Crippen LogP contribution < -0.4 is 5.32 Å². The number of allylic oxidation sites excluding steroid dienone is 1. The SMILES string of the molecule is CN(CC1CCCC1O)C(=O)NC1CC=CCC1. The van der Waals surface area contributed by atoms with Gasteiger partial charge in [-0.15, -0.1) is 0 Å². The quantitative estimate of drug-likeness (QED) is 0.754. The van der Waals surface area contributed by atoms with Gasteiger partial charge in [0.25, 0.3) is 0 Å². The van der Waals surface area contributed by atoms with Crippen molar-refractivity contribution in [2.75, 3.05) is 13.6 Å². The van der Waals surface area contributed by atoms with Crippen molar-refractivity contribution in [1.29, 1.82) is 0 Å². The van der Waals surface area contributed by atoms with Crippen LogP contribution in [0.5, 0.6) is 0 Å². The number of amides is 2. The lowest BCUT2D eigenvalue weighted by Crippen LogP contribution is -2.45. The summed E-state index contributed by atoms with van der Waals surface area (Å²) in [4.78, 5) is 13.7. The van der Waals surface area contributed by atoms with Gasteiger partial charge in [0.05, 0.1) is 6.10 Å². The van der Waals surface area contributed by atoms with Crippen molar-refractivity contribution in [1.82, 2.24) is 10.2 Å². The summed E-state index contributed by atoms with van der Waals surface area (Å²) in [5.41, 5.74) is 0. The molecular formula is C14H24N2O2. The molecule has 18 heavy (non-hydrogen) atoms. The first-order chi connectivity index (χ1) is 8.66. The van der Waals surface area contributed by atoms with Gasteiger partial charge < -0.3 is 15.3 Å². The molecule has 0 bridgehead atoms. The number of aliphatic hydroxyl groups excluding tert-OH is 1. The molecule has 2 rings (SSSR count). The molecule has 0 aliphatic heterocycles. The third-order valence-corrected chi connectivity index (χ3v) is 4.07. The Kier molecular flexibility index (Phi) is 4.64. The van der Waals surface area contributed by atoms with Gasteiger partial charge in [-0.25, -0.2) is 4.79 Å². The third-order valence-electron chi connectivity index (χ3n) is 4.07. The van der Waals surface area contributed by atoms with E-state index in [1.807, 2.05) is 7.05 Å². The smallest absolute Gasteiger partial charge is 0.317 e. The molecule has 3 unspecified atom stereocenters. The Bertz CT molecular complexity index is 317. The normalized spacial score (nSPS) is 31.3. The first-order valence-corrected chi connectivity index (χ1v) is 7.01. The second-order valence-electron chi connectivity index (χ2n) is 5.57. The molecule has 0 aromatic rings.